The second-order valence-corrected chi connectivity index (χ2v) is 5.99. The second-order valence-electron chi connectivity index (χ2n) is 5.10. The van der Waals surface area contributed by atoms with E-state index in [2.05, 4.69) is 10.3 Å². The van der Waals surface area contributed by atoms with Crippen molar-refractivity contribution in [3.05, 3.63) is 16.1 Å². The van der Waals surface area contributed by atoms with E-state index in [1.54, 1.807) is 33.2 Å². The van der Waals surface area contributed by atoms with Crippen molar-refractivity contribution in [2.75, 3.05) is 0 Å². The molecule has 0 saturated heterocycles. The number of amides is 1. The van der Waals surface area contributed by atoms with E-state index < -0.39 is 23.7 Å². The fourth-order valence-corrected chi connectivity index (χ4v) is 2.33. The van der Waals surface area contributed by atoms with E-state index in [-0.39, 0.29) is 6.42 Å². The molecule has 7 heteroatoms. The summed E-state index contributed by atoms with van der Waals surface area (Å²) in [5.41, 5.74) is 1.71. The number of hydrogen-bond donors (Lipinski definition) is 2. The topological polar surface area (TPSA) is 88.5 Å². The lowest BCUT2D eigenvalue weighted by molar-refractivity contribution is -0.137. The molecule has 0 unspecified atom stereocenters. The summed E-state index contributed by atoms with van der Waals surface area (Å²) in [5, 5.41) is 11.5. The van der Waals surface area contributed by atoms with Crippen LogP contribution in [0.15, 0.2) is 5.51 Å². The standard InChI is InChI=1S/C12H18N2O4S/c1-7-10(19-6-13-7)8(5-9(15)16)14-11(17)18-12(2,3)4/h6,8H,5H2,1-4H3,(H,14,17)(H,15,16)/t8-/m0/s1. The van der Waals surface area contributed by atoms with Gasteiger partial charge >= 0.3 is 12.1 Å². The summed E-state index contributed by atoms with van der Waals surface area (Å²) >= 11 is 1.31. The van der Waals surface area contributed by atoms with Crippen LogP contribution < -0.4 is 5.32 Å². The monoisotopic (exact) mass is 286 g/mol. The predicted octanol–water partition coefficient (Wildman–Crippen LogP) is 2.49. The Bertz CT molecular complexity index is 465. The molecule has 1 heterocycles. The highest BCUT2D eigenvalue weighted by Crippen LogP contribution is 2.25. The second kappa shape index (κ2) is 6.01. The van der Waals surface area contributed by atoms with Crippen LogP contribution in [-0.2, 0) is 9.53 Å². The SMILES string of the molecule is Cc1ncsc1[C@H](CC(=O)O)NC(=O)OC(C)(C)C. The number of aryl methyl sites for hydroxylation is 1. The lowest BCUT2D eigenvalue weighted by atomic mass is 10.1. The van der Waals surface area contributed by atoms with E-state index in [0.717, 1.165) is 4.88 Å². The van der Waals surface area contributed by atoms with Crippen LogP contribution in [0.1, 0.15) is 43.8 Å². The Morgan fingerprint density at radius 2 is 2.16 bits per heavy atom. The van der Waals surface area contributed by atoms with Gasteiger partial charge < -0.3 is 15.2 Å². The number of thiazole rings is 1. The number of nitrogens with one attached hydrogen (secondary N) is 1. The number of carbonyl (C=O) groups excluding carboxylic acids is 1. The van der Waals surface area contributed by atoms with Crippen LogP contribution in [0.5, 0.6) is 0 Å². The Kier molecular flexibility index (Phi) is 4.88. The van der Waals surface area contributed by atoms with E-state index >= 15 is 0 Å². The number of nitrogens with zero attached hydrogens (tertiary/aromatic N) is 1. The number of carbonyl (C=O) groups is 2. The van der Waals surface area contributed by atoms with Gasteiger partial charge in [0.15, 0.2) is 0 Å². The summed E-state index contributed by atoms with van der Waals surface area (Å²) in [5.74, 6) is -0.992. The van der Waals surface area contributed by atoms with Crippen LogP contribution >= 0.6 is 11.3 Å². The minimum atomic E-state index is -0.992. The quantitative estimate of drug-likeness (QED) is 0.887. The van der Waals surface area contributed by atoms with Crippen molar-refractivity contribution in [1.82, 2.24) is 10.3 Å². The van der Waals surface area contributed by atoms with Crippen LogP contribution in [0, 0.1) is 6.92 Å². The fourth-order valence-electron chi connectivity index (χ4n) is 1.48. The van der Waals surface area contributed by atoms with Gasteiger partial charge in [-0.1, -0.05) is 0 Å². The average Bonchev–Trinajstić information content (AvgIpc) is 2.59. The van der Waals surface area contributed by atoms with E-state index in [1.165, 1.54) is 11.3 Å². The molecule has 1 aromatic rings. The van der Waals surface area contributed by atoms with Gasteiger partial charge in [0.25, 0.3) is 0 Å². The van der Waals surface area contributed by atoms with Crippen molar-refractivity contribution in [2.24, 2.45) is 0 Å². The zero-order valence-electron chi connectivity index (χ0n) is 11.4. The first-order chi connectivity index (χ1) is 8.69. The van der Waals surface area contributed by atoms with Crippen LogP contribution in [0.4, 0.5) is 4.79 Å². The molecule has 0 aromatic carbocycles. The third-order valence-electron chi connectivity index (χ3n) is 2.17. The molecular weight excluding hydrogens is 268 g/mol. The summed E-state index contributed by atoms with van der Waals surface area (Å²) in [6, 6.07) is -0.625. The molecule has 0 aliphatic heterocycles. The molecule has 0 bridgehead atoms. The summed E-state index contributed by atoms with van der Waals surface area (Å²) in [4.78, 5) is 27.4. The predicted molar refractivity (Wildman–Crippen MR) is 71.2 cm³/mol. The molecule has 0 saturated carbocycles. The molecule has 0 fully saturated rings. The molecular formula is C12H18N2O4S. The highest BCUT2D eigenvalue weighted by molar-refractivity contribution is 7.09. The molecule has 0 aliphatic rings. The lowest BCUT2D eigenvalue weighted by Crippen LogP contribution is -2.35. The number of rotatable bonds is 4. The Balaban J connectivity index is 2.79. The fraction of sp³-hybridized carbons (Fsp3) is 0.583. The van der Waals surface area contributed by atoms with Gasteiger partial charge in [-0.2, -0.15) is 0 Å². The van der Waals surface area contributed by atoms with Crippen molar-refractivity contribution >= 4 is 23.4 Å². The average molecular weight is 286 g/mol. The van der Waals surface area contributed by atoms with Crippen molar-refractivity contribution in [2.45, 2.75) is 45.8 Å². The Hall–Kier alpha value is -1.63. The van der Waals surface area contributed by atoms with Crippen molar-refractivity contribution < 1.29 is 19.4 Å². The van der Waals surface area contributed by atoms with Gasteiger partial charge in [-0.15, -0.1) is 11.3 Å². The highest BCUT2D eigenvalue weighted by atomic mass is 32.1. The minimum Gasteiger partial charge on any atom is -0.481 e. The maximum atomic E-state index is 11.7. The zero-order chi connectivity index (χ0) is 14.6. The number of ether oxygens (including phenoxy) is 1. The molecule has 1 amide bonds. The number of alkyl carbamates (subject to hydrolysis) is 1. The molecule has 106 valence electrons. The van der Waals surface area contributed by atoms with E-state index in [1.807, 2.05) is 0 Å². The molecule has 2 N–H and O–H groups in total. The van der Waals surface area contributed by atoms with Gasteiger partial charge in [-0.3, -0.25) is 4.79 Å². The first kappa shape index (κ1) is 15.4. The lowest BCUT2D eigenvalue weighted by Gasteiger charge is -2.22. The van der Waals surface area contributed by atoms with E-state index in [4.69, 9.17) is 9.84 Å². The molecule has 0 spiro atoms. The van der Waals surface area contributed by atoms with Gasteiger partial charge in [0.05, 0.1) is 28.5 Å². The molecule has 6 nitrogen and oxygen atoms in total. The summed E-state index contributed by atoms with van der Waals surface area (Å²) in [7, 11) is 0. The van der Waals surface area contributed by atoms with Crippen LogP contribution in [-0.4, -0.2) is 27.8 Å². The maximum absolute atomic E-state index is 11.7. The minimum absolute atomic E-state index is 0.206. The summed E-state index contributed by atoms with van der Waals surface area (Å²) < 4.78 is 5.13. The van der Waals surface area contributed by atoms with E-state index in [9.17, 15) is 9.59 Å². The first-order valence-electron chi connectivity index (χ1n) is 5.80. The third kappa shape index (κ3) is 5.25. The summed E-state index contributed by atoms with van der Waals surface area (Å²) in [6.45, 7) is 7.02. The van der Waals surface area contributed by atoms with Gasteiger partial charge in [0.2, 0.25) is 0 Å². The molecule has 1 atom stereocenters. The van der Waals surface area contributed by atoms with E-state index in [0.29, 0.717) is 5.69 Å². The molecule has 1 rings (SSSR count). The van der Waals surface area contributed by atoms with Crippen molar-refractivity contribution in [3.63, 3.8) is 0 Å². The van der Waals surface area contributed by atoms with Gasteiger partial charge in [0.1, 0.15) is 5.60 Å². The number of carboxylic acids is 1. The molecule has 0 radical (unpaired) electrons. The first-order valence-corrected chi connectivity index (χ1v) is 6.68. The smallest absolute Gasteiger partial charge is 0.408 e. The van der Waals surface area contributed by atoms with Gasteiger partial charge in [0, 0.05) is 0 Å². The largest absolute Gasteiger partial charge is 0.481 e. The highest BCUT2D eigenvalue weighted by Gasteiger charge is 2.24. The van der Waals surface area contributed by atoms with Gasteiger partial charge in [-0.05, 0) is 27.7 Å². The van der Waals surface area contributed by atoms with Crippen LogP contribution in [0.3, 0.4) is 0 Å². The molecule has 1 aromatic heterocycles. The summed E-state index contributed by atoms with van der Waals surface area (Å²) in [6.07, 6.45) is -0.839. The number of carboxylic acid groups (broad SMARTS) is 1. The van der Waals surface area contributed by atoms with Crippen molar-refractivity contribution in [3.8, 4) is 0 Å². The zero-order valence-corrected chi connectivity index (χ0v) is 12.2. The van der Waals surface area contributed by atoms with Gasteiger partial charge in [-0.25, -0.2) is 9.78 Å². The third-order valence-corrected chi connectivity index (χ3v) is 3.21. The molecule has 19 heavy (non-hydrogen) atoms. The Labute approximate surface area is 115 Å². The maximum Gasteiger partial charge on any atom is 0.408 e. The normalized spacial score (nSPS) is 12.8. The Morgan fingerprint density at radius 1 is 1.53 bits per heavy atom. The number of hydrogen-bond acceptors (Lipinski definition) is 5. The molecule has 0 aliphatic carbocycles. The van der Waals surface area contributed by atoms with Crippen LogP contribution in [0.2, 0.25) is 0 Å². The number of aliphatic carboxylic acids is 1. The Morgan fingerprint density at radius 3 is 2.58 bits per heavy atom. The van der Waals surface area contributed by atoms with Crippen LogP contribution in [0.25, 0.3) is 0 Å². The number of aromatic nitrogens is 1. The van der Waals surface area contributed by atoms with Crippen molar-refractivity contribution in [1.29, 1.82) is 0 Å².